The van der Waals surface area contributed by atoms with E-state index in [9.17, 15) is 4.79 Å². The van der Waals surface area contributed by atoms with Gasteiger partial charge in [-0.05, 0) is 18.4 Å². The molecule has 2 nitrogen and oxygen atoms in total. The molecule has 0 unspecified atom stereocenters. The molecule has 2 rings (SSSR count). The number of carbonyl (C=O) groups excluding carboxylic acids is 1. The highest BCUT2D eigenvalue weighted by atomic mass is 35.5. The average Bonchev–Trinajstić information content (AvgIpc) is 2.47. The lowest BCUT2D eigenvalue weighted by atomic mass is 9.90. The smallest absolute Gasteiger partial charge is 0.226 e. The number of nitrogens with zero attached hydrogens (tertiary/aromatic N) is 1. The van der Waals surface area contributed by atoms with E-state index in [0.29, 0.717) is 24.9 Å². The first-order valence-corrected chi connectivity index (χ1v) is 8.73. The summed E-state index contributed by atoms with van der Waals surface area (Å²) >= 11 is 5.91. The largest absolute Gasteiger partial charge is 0.337 e. The summed E-state index contributed by atoms with van der Waals surface area (Å²) in [5, 5.41) is 0. The molecule has 1 aliphatic rings. The number of benzene rings is 1. The van der Waals surface area contributed by atoms with Crippen molar-refractivity contribution >= 4 is 17.5 Å². The first-order valence-electron chi connectivity index (χ1n) is 8.20. The van der Waals surface area contributed by atoms with E-state index in [4.69, 9.17) is 11.6 Å². The van der Waals surface area contributed by atoms with Crippen molar-refractivity contribution in [1.29, 1.82) is 0 Å². The van der Waals surface area contributed by atoms with Gasteiger partial charge in [0.25, 0.3) is 0 Å². The maximum absolute atomic E-state index is 12.8. The molecule has 0 aromatic heterocycles. The summed E-state index contributed by atoms with van der Waals surface area (Å²) in [6, 6.07) is 10.2. The third kappa shape index (κ3) is 5.35. The van der Waals surface area contributed by atoms with Crippen LogP contribution in [-0.4, -0.2) is 23.2 Å². The Balaban J connectivity index is 1.99. The molecule has 0 bridgehead atoms. The van der Waals surface area contributed by atoms with Crippen LogP contribution in [-0.2, 0) is 11.3 Å². The van der Waals surface area contributed by atoms with Gasteiger partial charge in [0.1, 0.15) is 0 Å². The van der Waals surface area contributed by atoms with Crippen molar-refractivity contribution in [2.24, 2.45) is 5.92 Å². The van der Waals surface area contributed by atoms with Crippen molar-refractivity contribution in [3.8, 4) is 0 Å². The molecule has 1 aromatic rings. The predicted octanol–water partition coefficient (Wildman–Crippen LogP) is 4.61. The monoisotopic (exact) mass is 307 g/mol. The van der Waals surface area contributed by atoms with Gasteiger partial charge in [-0.25, -0.2) is 0 Å². The maximum atomic E-state index is 12.8. The van der Waals surface area contributed by atoms with Crippen molar-refractivity contribution in [3.05, 3.63) is 35.9 Å². The third-order valence-corrected chi connectivity index (χ3v) is 4.51. The van der Waals surface area contributed by atoms with E-state index in [1.54, 1.807) is 0 Å². The Morgan fingerprint density at radius 2 is 1.67 bits per heavy atom. The zero-order chi connectivity index (χ0) is 14.9. The number of amides is 1. The number of carbonyl (C=O) groups is 1. The van der Waals surface area contributed by atoms with Gasteiger partial charge >= 0.3 is 0 Å². The van der Waals surface area contributed by atoms with E-state index < -0.39 is 0 Å². The quantitative estimate of drug-likeness (QED) is 0.727. The highest BCUT2D eigenvalue weighted by molar-refractivity contribution is 6.18. The molecule has 1 aromatic carbocycles. The molecule has 3 heteroatoms. The summed E-state index contributed by atoms with van der Waals surface area (Å²) in [6.45, 7) is 1.33. The van der Waals surface area contributed by atoms with E-state index >= 15 is 0 Å². The first-order chi connectivity index (χ1) is 10.3. The molecule has 0 radical (unpaired) electrons. The van der Waals surface area contributed by atoms with Crippen LogP contribution in [0.3, 0.4) is 0 Å². The van der Waals surface area contributed by atoms with Crippen LogP contribution in [0.1, 0.15) is 50.5 Å². The van der Waals surface area contributed by atoms with Gasteiger partial charge in [0, 0.05) is 24.9 Å². The van der Waals surface area contributed by atoms with Crippen LogP contribution in [0.25, 0.3) is 0 Å². The van der Waals surface area contributed by atoms with Crippen molar-refractivity contribution in [2.75, 3.05) is 12.4 Å². The van der Waals surface area contributed by atoms with Crippen molar-refractivity contribution in [3.63, 3.8) is 0 Å². The fourth-order valence-corrected chi connectivity index (χ4v) is 3.34. The van der Waals surface area contributed by atoms with Gasteiger partial charge in [-0.15, -0.1) is 11.6 Å². The highest BCUT2D eigenvalue weighted by Gasteiger charge is 2.24. The molecule has 116 valence electrons. The Labute approximate surface area is 133 Å². The minimum atomic E-state index is 0.206. The molecule has 1 saturated carbocycles. The van der Waals surface area contributed by atoms with Crippen LogP contribution < -0.4 is 0 Å². The normalized spacial score (nSPS) is 17.0. The fraction of sp³-hybridized carbons (Fsp3) is 0.611. The summed E-state index contributed by atoms with van der Waals surface area (Å²) < 4.78 is 0. The molecule has 1 fully saturated rings. The standard InChI is InChI=1S/C18H26ClNO/c19-13-14-20(15-16-9-5-4-6-10-16)18(21)17-11-7-2-1-3-8-12-17/h4-6,9-10,17H,1-3,7-8,11-15H2. The van der Waals surface area contributed by atoms with Crippen LogP contribution in [0, 0.1) is 5.92 Å². The number of rotatable bonds is 5. The zero-order valence-corrected chi connectivity index (χ0v) is 13.5. The topological polar surface area (TPSA) is 20.3 Å². The summed E-state index contributed by atoms with van der Waals surface area (Å²) in [6.07, 6.45) is 8.36. The summed E-state index contributed by atoms with van der Waals surface area (Å²) in [7, 11) is 0. The summed E-state index contributed by atoms with van der Waals surface area (Å²) in [4.78, 5) is 14.8. The van der Waals surface area contributed by atoms with Crippen LogP contribution in [0.5, 0.6) is 0 Å². The number of alkyl halides is 1. The van der Waals surface area contributed by atoms with Gasteiger partial charge < -0.3 is 4.90 Å². The number of halogens is 1. The molecule has 0 aliphatic heterocycles. The zero-order valence-electron chi connectivity index (χ0n) is 12.8. The van der Waals surface area contributed by atoms with Crippen LogP contribution >= 0.6 is 11.6 Å². The minimum Gasteiger partial charge on any atom is -0.337 e. The van der Waals surface area contributed by atoms with Crippen molar-refractivity contribution in [1.82, 2.24) is 4.90 Å². The van der Waals surface area contributed by atoms with Gasteiger partial charge in [-0.1, -0.05) is 62.4 Å². The molecular formula is C18H26ClNO. The van der Waals surface area contributed by atoms with E-state index in [1.807, 2.05) is 23.1 Å². The second kappa shape index (κ2) is 9.09. The van der Waals surface area contributed by atoms with Crippen molar-refractivity contribution in [2.45, 2.75) is 51.5 Å². The van der Waals surface area contributed by atoms with Crippen molar-refractivity contribution < 1.29 is 4.79 Å². The first kappa shape index (κ1) is 16.4. The lowest BCUT2D eigenvalue weighted by Crippen LogP contribution is -2.37. The van der Waals surface area contributed by atoms with Gasteiger partial charge in [0.15, 0.2) is 0 Å². The Bertz CT molecular complexity index is 412. The lowest BCUT2D eigenvalue weighted by Gasteiger charge is -2.28. The molecule has 0 atom stereocenters. The second-order valence-corrected chi connectivity index (χ2v) is 6.35. The Morgan fingerprint density at radius 1 is 1.05 bits per heavy atom. The number of hydrogen-bond acceptors (Lipinski definition) is 1. The Hall–Kier alpha value is -1.02. The molecule has 1 amide bonds. The predicted molar refractivity (Wildman–Crippen MR) is 88.4 cm³/mol. The molecule has 1 aliphatic carbocycles. The Morgan fingerprint density at radius 3 is 2.29 bits per heavy atom. The molecule has 21 heavy (non-hydrogen) atoms. The van der Waals surface area contributed by atoms with Crippen LogP contribution in [0.15, 0.2) is 30.3 Å². The van der Waals surface area contributed by atoms with E-state index in [2.05, 4.69) is 12.1 Å². The Kier molecular flexibility index (Phi) is 7.08. The van der Waals surface area contributed by atoms with Gasteiger partial charge in [-0.2, -0.15) is 0 Å². The summed E-state index contributed by atoms with van der Waals surface area (Å²) in [5.74, 6) is 1.02. The lowest BCUT2D eigenvalue weighted by molar-refractivity contribution is -0.136. The number of hydrogen-bond donors (Lipinski definition) is 0. The molecular weight excluding hydrogens is 282 g/mol. The average molecular weight is 308 g/mol. The van der Waals surface area contributed by atoms with Crippen LogP contribution in [0.2, 0.25) is 0 Å². The molecule has 0 N–H and O–H groups in total. The van der Waals surface area contributed by atoms with E-state index in [1.165, 1.54) is 37.7 Å². The fourth-order valence-electron chi connectivity index (χ4n) is 3.13. The minimum absolute atomic E-state index is 0.206. The van der Waals surface area contributed by atoms with E-state index in [0.717, 1.165) is 12.8 Å². The van der Waals surface area contributed by atoms with Gasteiger partial charge in [-0.3, -0.25) is 4.79 Å². The second-order valence-electron chi connectivity index (χ2n) is 5.98. The van der Waals surface area contributed by atoms with Gasteiger partial charge in [0.2, 0.25) is 5.91 Å². The van der Waals surface area contributed by atoms with Crippen LogP contribution in [0.4, 0.5) is 0 Å². The SMILES string of the molecule is O=C(C1CCCCCCC1)N(CCCl)Cc1ccccc1. The molecule has 0 spiro atoms. The summed E-state index contributed by atoms with van der Waals surface area (Å²) in [5.41, 5.74) is 1.18. The molecule has 0 heterocycles. The molecule has 0 saturated heterocycles. The highest BCUT2D eigenvalue weighted by Crippen LogP contribution is 2.24. The maximum Gasteiger partial charge on any atom is 0.226 e. The van der Waals surface area contributed by atoms with Gasteiger partial charge in [0.05, 0.1) is 0 Å². The van der Waals surface area contributed by atoms with E-state index in [-0.39, 0.29) is 5.92 Å². The third-order valence-electron chi connectivity index (χ3n) is 4.34.